The molecule has 4 rings (SSSR count). The zero-order chi connectivity index (χ0) is 14.7. The Balaban J connectivity index is 1.40. The van der Waals surface area contributed by atoms with Crippen molar-refractivity contribution < 1.29 is 4.74 Å². The Kier molecular flexibility index (Phi) is 3.38. The number of nitrogens with zero attached hydrogens (tertiary/aromatic N) is 2. The fourth-order valence-corrected chi connectivity index (χ4v) is 5.53. The Bertz CT molecular complexity index is 407. The highest BCUT2D eigenvalue weighted by molar-refractivity contribution is 5.22. The summed E-state index contributed by atoms with van der Waals surface area (Å²) in [7, 11) is 0. The van der Waals surface area contributed by atoms with Crippen LogP contribution >= 0.6 is 0 Å². The number of hydrogen-bond donors (Lipinski definition) is 1. The fourth-order valence-electron chi connectivity index (χ4n) is 5.53. The maximum atomic E-state index is 6.91. The first-order chi connectivity index (χ1) is 10.0. The lowest BCUT2D eigenvalue weighted by Crippen LogP contribution is -2.78. The molecule has 21 heavy (non-hydrogen) atoms. The molecule has 0 bridgehead atoms. The van der Waals surface area contributed by atoms with Crippen LogP contribution in [-0.4, -0.2) is 66.8 Å². The van der Waals surface area contributed by atoms with Gasteiger partial charge >= 0.3 is 0 Å². The van der Waals surface area contributed by atoms with Gasteiger partial charge in [-0.05, 0) is 45.3 Å². The smallest absolute Gasteiger partial charge is 0.0691 e. The van der Waals surface area contributed by atoms with Gasteiger partial charge in [-0.2, -0.15) is 0 Å². The number of ether oxygens (including phenoxy) is 1. The molecule has 4 atom stereocenters. The van der Waals surface area contributed by atoms with Crippen LogP contribution < -0.4 is 5.73 Å². The SMILES string of the molecule is CC1(C)C2OCCC2C1(N)CN1CCC(N2CCCC2)C1. The maximum absolute atomic E-state index is 6.91. The molecule has 0 aromatic heterocycles. The van der Waals surface area contributed by atoms with Gasteiger partial charge in [0.05, 0.1) is 6.10 Å². The van der Waals surface area contributed by atoms with Crippen molar-refractivity contribution in [1.82, 2.24) is 9.80 Å². The molecule has 3 heterocycles. The van der Waals surface area contributed by atoms with Crippen LogP contribution in [0.4, 0.5) is 0 Å². The van der Waals surface area contributed by atoms with Crippen molar-refractivity contribution in [1.29, 1.82) is 0 Å². The third-order valence-electron chi connectivity index (χ3n) is 7.05. The van der Waals surface area contributed by atoms with E-state index < -0.39 is 0 Å². The molecule has 2 N–H and O–H groups in total. The fraction of sp³-hybridized carbons (Fsp3) is 1.00. The molecule has 4 unspecified atom stereocenters. The third-order valence-corrected chi connectivity index (χ3v) is 7.05. The molecule has 3 saturated heterocycles. The van der Waals surface area contributed by atoms with Gasteiger partial charge in [-0.1, -0.05) is 13.8 Å². The lowest BCUT2D eigenvalue weighted by Gasteiger charge is -2.63. The van der Waals surface area contributed by atoms with E-state index in [0.29, 0.717) is 12.0 Å². The average molecular weight is 293 g/mol. The quantitative estimate of drug-likeness (QED) is 0.852. The molecule has 4 aliphatic rings. The van der Waals surface area contributed by atoms with Crippen molar-refractivity contribution in [2.45, 2.75) is 57.2 Å². The van der Waals surface area contributed by atoms with Gasteiger partial charge in [-0.3, -0.25) is 9.80 Å². The molecule has 4 heteroatoms. The van der Waals surface area contributed by atoms with E-state index in [1.54, 1.807) is 0 Å². The zero-order valence-corrected chi connectivity index (χ0v) is 13.7. The lowest BCUT2D eigenvalue weighted by atomic mass is 9.48. The van der Waals surface area contributed by atoms with Crippen LogP contribution in [0, 0.1) is 11.3 Å². The van der Waals surface area contributed by atoms with Crippen LogP contribution in [0.25, 0.3) is 0 Å². The summed E-state index contributed by atoms with van der Waals surface area (Å²) in [5.41, 5.74) is 6.99. The van der Waals surface area contributed by atoms with Crippen molar-refractivity contribution in [2.24, 2.45) is 17.1 Å². The number of likely N-dealkylation sites (tertiary alicyclic amines) is 2. The molecule has 4 nitrogen and oxygen atoms in total. The third kappa shape index (κ3) is 2.03. The van der Waals surface area contributed by atoms with Gasteiger partial charge < -0.3 is 10.5 Å². The number of hydrogen-bond acceptors (Lipinski definition) is 4. The van der Waals surface area contributed by atoms with E-state index in [1.165, 1.54) is 45.4 Å². The van der Waals surface area contributed by atoms with Crippen molar-refractivity contribution in [2.75, 3.05) is 39.3 Å². The second kappa shape index (κ2) is 4.92. The molecule has 0 radical (unpaired) electrons. The summed E-state index contributed by atoms with van der Waals surface area (Å²) in [5, 5.41) is 0. The number of rotatable bonds is 3. The van der Waals surface area contributed by atoms with Crippen LogP contribution in [0.1, 0.15) is 39.5 Å². The first kappa shape index (κ1) is 14.4. The normalized spacial score (nSPS) is 46.7. The van der Waals surface area contributed by atoms with Crippen LogP contribution in [0.3, 0.4) is 0 Å². The van der Waals surface area contributed by atoms with Crippen LogP contribution in [0.15, 0.2) is 0 Å². The predicted octanol–water partition coefficient (Wildman–Crippen LogP) is 1.30. The maximum Gasteiger partial charge on any atom is 0.0691 e. The Hall–Kier alpha value is -0.160. The van der Waals surface area contributed by atoms with Crippen molar-refractivity contribution in [3.05, 3.63) is 0 Å². The predicted molar refractivity (Wildman–Crippen MR) is 84.2 cm³/mol. The summed E-state index contributed by atoms with van der Waals surface area (Å²) in [5.74, 6) is 0.582. The zero-order valence-electron chi connectivity index (χ0n) is 13.7. The first-order valence-electron chi connectivity index (χ1n) is 8.89. The minimum Gasteiger partial charge on any atom is -0.377 e. The van der Waals surface area contributed by atoms with E-state index in [4.69, 9.17) is 10.5 Å². The van der Waals surface area contributed by atoms with Gasteiger partial charge in [0.1, 0.15) is 0 Å². The van der Waals surface area contributed by atoms with Gasteiger partial charge in [-0.15, -0.1) is 0 Å². The van der Waals surface area contributed by atoms with Crippen LogP contribution in [0.5, 0.6) is 0 Å². The van der Waals surface area contributed by atoms with Crippen molar-refractivity contribution in [3.63, 3.8) is 0 Å². The molecule has 0 aromatic rings. The van der Waals surface area contributed by atoms with E-state index in [9.17, 15) is 0 Å². The van der Waals surface area contributed by atoms with Gasteiger partial charge in [0.15, 0.2) is 0 Å². The highest BCUT2D eigenvalue weighted by Crippen LogP contribution is 2.58. The highest BCUT2D eigenvalue weighted by Gasteiger charge is 2.67. The Morgan fingerprint density at radius 2 is 1.90 bits per heavy atom. The Morgan fingerprint density at radius 3 is 2.67 bits per heavy atom. The Labute approximate surface area is 129 Å². The average Bonchev–Trinajstić information content (AvgIpc) is 3.19. The van der Waals surface area contributed by atoms with E-state index in [-0.39, 0.29) is 11.0 Å². The molecule has 0 aromatic carbocycles. The number of fused-ring (bicyclic) bond motifs is 1. The minimum atomic E-state index is -0.0476. The highest BCUT2D eigenvalue weighted by atomic mass is 16.5. The molecule has 1 aliphatic carbocycles. The van der Waals surface area contributed by atoms with E-state index in [2.05, 4.69) is 23.6 Å². The van der Waals surface area contributed by atoms with Crippen molar-refractivity contribution in [3.8, 4) is 0 Å². The van der Waals surface area contributed by atoms with Crippen LogP contribution in [0.2, 0.25) is 0 Å². The summed E-state index contributed by atoms with van der Waals surface area (Å²) in [6.07, 6.45) is 5.69. The first-order valence-corrected chi connectivity index (χ1v) is 8.89. The van der Waals surface area contributed by atoms with Gasteiger partial charge in [-0.25, -0.2) is 0 Å². The summed E-state index contributed by atoms with van der Waals surface area (Å²) in [6.45, 7) is 11.7. The molecular weight excluding hydrogens is 262 g/mol. The van der Waals surface area contributed by atoms with E-state index >= 15 is 0 Å². The van der Waals surface area contributed by atoms with Gasteiger partial charge in [0.25, 0.3) is 0 Å². The standard InChI is InChI=1S/C17H31N3O/c1-16(2)15-14(6-10-21-15)17(16,18)12-19-9-5-13(11-19)20-7-3-4-8-20/h13-15H,3-12,18H2,1-2H3. The second-order valence-corrected chi connectivity index (χ2v) is 8.37. The number of nitrogens with two attached hydrogens (primary N) is 1. The molecule has 120 valence electrons. The largest absolute Gasteiger partial charge is 0.377 e. The molecule has 0 amide bonds. The topological polar surface area (TPSA) is 41.7 Å². The molecule has 0 spiro atoms. The van der Waals surface area contributed by atoms with Gasteiger partial charge in [0.2, 0.25) is 0 Å². The van der Waals surface area contributed by atoms with Gasteiger partial charge in [0, 0.05) is 42.6 Å². The molecule has 1 saturated carbocycles. The second-order valence-electron chi connectivity index (χ2n) is 8.37. The summed E-state index contributed by atoms with van der Waals surface area (Å²) < 4.78 is 5.92. The molecule has 3 aliphatic heterocycles. The van der Waals surface area contributed by atoms with E-state index in [1.807, 2.05) is 0 Å². The Morgan fingerprint density at radius 1 is 1.14 bits per heavy atom. The minimum absolute atomic E-state index is 0.0476. The monoisotopic (exact) mass is 293 g/mol. The summed E-state index contributed by atoms with van der Waals surface area (Å²) in [6, 6.07) is 0.787. The lowest BCUT2D eigenvalue weighted by molar-refractivity contribution is -0.162. The van der Waals surface area contributed by atoms with Crippen molar-refractivity contribution >= 4 is 0 Å². The summed E-state index contributed by atoms with van der Waals surface area (Å²) in [4.78, 5) is 5.34. The van der Waals surface area contributed by atoms with E-state index in [0.717, 1.165) is 25.6 Å². The summed E-state index contributed by atoms with van der Waals surface area (Å²) >= 11 is 0. The molecule has 4 fully saturated rings. The molecular formula is C17H31N3O. The van der Waals surface area contributed by atoms with Crippen LogP contribution in [-0.2, 0) is 4.74 Å².